The Balaban J connectivity index is 1.76. The molecule has 0 aliphatic heterocycles. The Labute approximate surface area is 226 Å². The van der Waals surface area contributed by atoms with Crippen LogP contribution in [-0.2, 0) is 14.4 Å². The molecule has 2 N–H and O–H groups in total. The number of ketones is 2. The number of Topliss-reactive ketones (excluding diaryl/α,β-unsaturated/α-hetero) is 1. The maximum absolute atomic E-state index is 14.4. The molecular formula is C32H43NO5. The monoisotopic (exact) mass is 521 g/mol. The number of fused-ring (bicyclic) bond motifs is 7. The van der Waals surface area contributed by atoms with Gasteiger partial charge < -0.3 is 10.2 Å². The first-order chi connectivity index (χ1) is 17.3. The van der Waals surface area contributed by atoms with E-state index in [1.807, 2.05) is 6.92 Å². The summed E-state index contributed by atoms with van der Waals surface area (Å²) in [6.45, 7) is 16.4. The predicted octanol–water partition coefficient (Wildman–Crippen LogP) is 5.51. The second-order valence-electron chi connectivity index (χ2n) is 15.2. The average Bonchev–Trinajstić information content (AvgIpc) is 2.80. The zero-order valence-corrected chi connectivity index (χ0v) is 24.1. The molecule has 0 spiro atoms. The Hall–Kier alpha value is -2.26. The predicted molar refractivity (Wildman–Crippen MR) is 142 cm³/mol. The molecule has 38 heavy (non-hydrogen) atoms. The fourth-order valence-corrected chi connectivity index (χ4v) is 10.5. The molecule has 5 aliphatic rings. The molecule has 9 atom stereocenters. The highest BCUT2D eigenvalue weighted by atomic mass is 16.4. The van der Waals surface area contributed by atoms with E-state index in [0.29, 0.717) is 25.7 Å². The topological polar surface area (TPSA) is 115 Å². The summed E-state index contributed by atoms with van der Waals surface area (Å²) in [6, 6.07) is 2.09. The number of nitrogens with zero attached hydrogens (tertiary/aromatic N) is 1. The number of hydrogen-bond acceptors (Lipinski definition) is 5. The van der Waals surface area contributed by atoms with Crippen LogP contribution in [0.5, 0.6) is 0 Å². The number of allylic oxidation sites excluding steroid dienone is 4. The molecule has 0 amide bonds. The van der Waals surface area contributed by atoms with Gasteiger partial charge in [0.2, 0.25) is 0 Å². The van der Waals surface area contributed by atoms with Crippen molar-refractivity contribution in [2.45, 2.75) is 93.6 Å². The van der Waals surface area contributed by atoms with Crippen LogP contribution in [0.25, 0.3) is 0 Å². The lowest BCUT2D eigenvalue weighted by Gasteiger charge is -2.70. The largest absolute Gasteiger partial charge is 0.481 e. The zero-order valence-electron chi connectivity index (χ0n) is 24.1. The number of carboxylic acids is 1. The third kappa shape index (κ3) is 2.95. The lowest BCUT2D eigenvalue weighted by molar-refractivity contribution is -0.205. The molecule has 3 saturated carbocycles. The van der Waals surface area contributed by atoms with Gasteiger partial charge in [-0.05, 0) is 71.8 Å². The number of carbonyl (C=O) groups excluding carboxylic acids is 2. The normalized spacial score (nSPS) is 48.8. The molecule has 6 nitrogen and oxygen atoms in total. The van der Waals surface area contributed by atoms with E-state index in [0.717, 1.165) is 12.0 Å². The Morgan fingerprint density at radius 2 is 1.63 bits per heavy atom. The van der Waals surface area contributed by atoms with E-state index in [1.165, 1.54) is 0 Å². The summed E-state index contributed by atoms with van der Waals surface area (Å²) in [6.07, 6.45) is 5.53. The minimum absolute atomic E-state index is 0.0298. The number of rotatable bonds is 1. The molecule has 0 aromatic heterocycles. The molecule has 0 bridgehead atoms. The van der Waals surface area contributed by atoms with Crippen molar-refractivity contribution >= 4 is 17.5 Å². The highest BCUT2D eigenvalue weighted by molar-refractivity contribution is 6.04. The third-order valence-electron chi connectivity index (χ3n) is 13.0. The summed E-state index contributed by atoms with van der Waals surface area (Å²) in [5, 5.41) is 32.3. The van der Waals surface area contributed by atoms with Gasteiger partial charge in [0.15, 0.2) is 11.6 Å². The number of carbonyl (C=O) groups is 3. The molecule has 0 aromatic carbocycles. The van der Waals surface area contributed by atoms with Gasteiger partial charge in [0, 0.05) is 22.7 Å². The number of aliphatic carboxylic acids is 1. The Morgan fingerprint density at radius 3 is 2.21 bits per heavy atom. The number of hydrogen-bond donors (Lipinski definition) is 2. The molecule has 206 valence electrons. The van der Waals surface area contributed by atoms with E-state index in [-0.39, 0.29) is 34.4 Å². The molecule has 5 aliphatic carbocycles. The maximum atomic E-state index is 14.4. The number of aliphatic hydroxyl groups excluding tert-OH is 1. The van der Waals surface area contributed by atoms with E-state index >= 15 is 0 Å². The molecule has 0 saturated heterocycles. The van der Waals surface area contributed by atoms with E-state index in [9.17, 15) is 29.9 Å². The molecule has 5 rings (SSSR count). The molecule has 0 heterocycles. The van der Waals surface area contributed by atoms with Gasteiger partial charge in [-0.1, -0.05) is 61.5 Å². The average molecular weight is 522 g/mol. The maximum Gasteiger partial charge on any atom is 0.309 e. The van der Waals surface area contributed by atoms with Crippen LogP contribution in [0.1, 0.15) is 87.5 Å². The van der Waals surface area contributed by atoms with Gasteiger partial charge in [0.1, 0.15) is 6.07 Å². The van der Waals surface area contributed by atoms with Gasteiger partial charge in [0.05, 0.1) is 17.1 Å². The van der Waals surface area contributed by atoms with Crippen molar-refractivity contribution in [3.05, 3.63) is 23.3 Å². The lowest BCUT2D eigenvalue weighted by Crippen LogP contribution is -2.69. The van der Waals surface area contributed by atoms with Crippen molar-refractivity contribution in [3.63, 3.8) is 0 Å². The SMILES string of the molecule is CC1[C@H]2[C@H]3C(=O)C=C4[C@@]5(C)C=C(C#N)C(=O)C(C)(C)[C@@H]5[C@H](O)C[C@@]4(C)[C@]3(C)CC[C@@]2(C(=O)O)CCC1(C)C. The Kier molecular flexibility index (Phi) is 5.52. The van der Waals surface area contributed by atoms with Crippen molar-refractivity contribution < 1.29 is 24.6 Å². The molecular weight excluding hydrogens is 478 g/mol. The van der Waals surface area contributed by atoms with Crippen LogP contribution in [0.3, 0.4) is 0 Å². The van der Waals surface area contributed by atoms with Gasteiger partial charge in [0.25, 0.3) is 0 Å². The molecule has 3 fully saturated rings. The standard InChI is InChI=1S/C32H43NO5/c1-17-22-23-19(34)13-21-29(6)14-18(16-33)25(36)28(4,5)24(29)20(35)15-31(21,8)30(23,7)10-12-32(22,26(37)38)11-9-27(17,2)3/h13-14,17,20,22-24,35H,9-12,15H2,1-8H3,(H,37,38)/t17?,20-,22+,23-,24+,29-,30-,31-,32+/m1/s1. The van der Waals surface area contributed by atoms with Crippen molar-refractivity contribution in [2.24, 2.45) is 56.2 Å². The van der Waals surface area contributed by atoms with Gasteiger partial charge in [-0.3, -0.25) is 14.4 Å². The highest BCUT2D eigenvalue weighted by Gasteiger charge is 2.73. The summed E-state index contributed by atoms with van der Waals surface area (Å²) in [5.41, 5.74) is -3.03. The van der Waals surface area contributed by atoms with E-state index in [2.05, 4.69) is 40.7 Å². The van der Waals surface area contributed by atoms with E-state index in [4.69, 9.17) is 0 Å². The van der Waals surface area contributed by atoms with Crippen molar-refractivity contribution in [3.8, 4) is 6.07 Å². The number of nitriles is 1. The Morgan fingerprint density at radius 1 is 1.03 bits per heavy atom. The summed E-state index contributed by atoms with van der Waals surface area (Å²) >= 11 is 0. The van der Waals surface area contributed by atoms with Crippen LogP contribution in [0.4, 0.5) is 0 Å². The Bertz CT molecular complexity index is 1250. The van der Waals surface area contributed by atoms with Crippen molar-refractivity contribution in [1.29, 1.82) is 5.26 Å². The minimum Gasteiger partial charge on any atom is -0.481 e. The first-order valence-electron chi connectivity index (χ1n) is 14.2. The molecule has 1 unspecified atom stereocenters. The van der Waals surface area contributed by atoms with Crippen molar-refractivity contribution in [1.82, 2.24) is 0 Å². The fourth-order valence-electron chi connectivity index (χ4n) is 10.5. The van der Waals surface area contributed by atoms with Crippen LogP contribution < -0.4 is 0 Å². The summed E-state index contributed by atoms with van der Waals surface area (Å²) in [5.74, 6) is -2.29. The van der Waals surface area contributed by atoms with Crippen molar-refractivity contribution in [2.75, 3.05) is 0 Å². The third-order valence-corrected chi connectivity index (χ3v) is 13.0. The van der Waals surface area contributed by atoms with Gasteiger partial charge in [-0.15, -0.1) is 0 Å². The molecule has 0 radical (unpaired) electrons. The summed E-state index contributed by atoms with van der Waals surface area (Å²) in [4.78, 5) is 40.6. The number of aliphatic hydroxyl groups is 1. The first-order valence-corrected chi connectivity index (χ1v) is 14.2. The first kappa shape index (κ1) is 27.3. The highest BCUT2D eigenvalue weighted by Crippen LogP contribution is 2.75. The summed E-state index contributed by atoms with van der Waals surface area (Å²) < 4.78 is 0. The molecule has 6 heteroatoms. The van der Waals surface area contributed by atoms with Gasteiger partial charge >= 0.3 is 5.97 Å². The van der Waals surface area contributed by atoms with Gasteiger partial charge in [-0.2, -0.15) is 5.26 Å². The van der Waals surface area contributed by atoms with E-state index < -0.39 is 51.0 Å². The second kappa shape index (κ2) is 7.68. The number of carboxylic acid groups (broad SMARTS) is 1. The quantitative estimate of drug-likeness (QED) is 0.470. The second-order valence-corrected chi connectivity index (χ2v) is 15.2. The fraction of sp³-hybridized carbons (Fsp3) is 0.750. The van der Waals surface area contributed by atoms with Gasteiger partial charge in [-0.25, -0.2) is 0 Å². The minimum atomic E-state index is -0.968. The van der Waals surface area contributed by atoms with Crippen LogP contribution in [-0.4, -0.2) is 33.9 Å². The van der Waals surface area contributed by atoms with Crippen LogP contribution in [0, 0.1) is 67.5 Å². The molecule has 0 aromatic rings. The summed E-state index contributed by atoms with van der Waals surface area (Å²) in [7, 11) is 0. The zero-order chi connectivity index (χ0) is 28.4. The van der Waals surface area contributed by atoms with E-state index in [1.54, 1.807) is 26.0 Å². The van der Waals surface area contributed by atoms with Crippen LogP contribution in [0.2, 0.25) is 0 Å². The lowest BCUT2D eigenvalue weighted by atomic mass is 9.33. The van der Waals surface area contributed by atoms with Crippen LogP contribution >= 0.6 is 0 Å². The smallest absolute Gasteiger partial charge is 0.309 e. The van der Waals surface area contributed by atoms with Crippen LogP contribution in [0.15, 0.2) is 23.3 Å².